The summed E-state index contributed by atoms with van der Waals surface area (Å²) in [4.78, 5) is 38.9. The van der Waals surface area contributed by atoms with Crippen LogP contribution in [0.3, 0.4) is 0 Å². The van der Waals surface area contributed by atoms with Crippen molar-refractivity contribution in [3.05, 3.63) is 100 Å². The molecular weight excluding hydrogens is 543 g/mol. The average Bonchev–Trinajstić information content (AvgIpc) is 3.17. The van der Waals surface area contributed by atoms with Crippen molar-refractivity contribution in [3.8, 4) is 0 Å². The predicted octanol–water partition coefficient (Wildman–Crippen LogP) is 6.43. The van der Waals surface area contributed by atoms with Crippen molar-refractivity contribution in [1.82, 2.24) is 4.90 Å². The molecule has 8 heteroatoms. The lowest BCUT2D eigenvalue weighted by atomic mass is 9.54. The first-order valence-corrected chi connectivity index (χ1v) is 13.9. The highest BCUT2D eigenvalue weighted by Crippen LogP contribution is 2.69. The Morgan fingerprint density at radius 3 is 1.79 bits per heavy atom. The number of unbranched alkanes of at least 4 members (excludes halogenated alkanes) is 2. The molecule has 7 rings (SSSR count). The third-order valence-electron chi connectivity index (χ3n) is 8.07. The molecule has 2 atom stereocenters. The van der Waals surface area contributed by atoms with Crippen LogP contribution in [0.15, 0.2) is 72.8 Å². The van der Waals surface area contributed by atoms with Crippen molar-refractivity contribution in [3.63, 3.8) is 0 Å². The van der Waals surface area contributed by atoms with Crippen molar-refractivity contribution < 1.29 is 14.4 Å². The highest BCUT2D eigenvalue weighted by atomic mass is 35.5. The number of hydrogen-bond acceptors (Lipinski definition) is 3. The fourth-order valence-electron chi connectivity index (χ4n) is 6.47. The molecule has 1 fully saturated rings. The molecule has 3 aromatic rings. The van der Waals surface area contributed by atoms with Crippen LogP contribution in [0, 0.1) is 11.8 Å². The molecule has 1 N–H and O–H groups in total. The van der Waals surface area contributed by atoms with E-state index in [0.717, 1.165) is 22.3 Å². The van der Waals surface area contributed by atoms with Gasteiger partial charge < -0.3 is 5.32 Å². The van der Waals surface area contributed by atoms with E-state index < -0.39 is 21.6 Å². The van der Waals surface area contributed by atoms with Crippen LogP contribution < -0.4 is 5.32 Å². The zero-order chi connectivity index (χ0) is 26.7. The topological polar surface area (TPSA) is 66.5 Å². The molecule has 3 amide bonds. The number of alkyl halides is 2. The van der Waals surface area contributed by atoms with Gasteiger partial charge in [0, 0.05) is 23.7 Å². The predicted molar refractivity (Wildman–Crippen MR) is 148 cm³/mol. The van der Waals surface area contributed by atoms with E-state index in [1.54, 1.807) is 24.3 Å². The van der Waals surface area contributed by atoms with E-state index in [1.807, 2.05) is 48.5 Å². The average molecular weight is 568 g/mol. The first kappa shape index (κ1) is 25.4. The van der Waals surface area contributed by atoms with Crippen LogP contribution in [0.2, 0.25) is 5.02 Å². The summed E-state index contributed by atoms with van der Waals surface area (Å²) < 4.78 is 0. The Bertz CT molecular complexity index is 1350. The molecule has 194 valence electrons. The Morgan fingerprint density at radius 1 is 0.763 bits per heavy atom. The molecule has 2 bridgehead atoms. The van der Waals surface area contributed by atoms with E-state index in [9.17, 15) is 14.4 Å². The second-order valence-electron chi connectivity index (χ2n) is 10.2. The molecule has 0 spiro atoms. The van der Waals surface area contributed by atoms with Crippen molar-refractivity contribution in [2.75, 3.05) is 11.9 Å². The van der Waals surface area contributed by atoms with Crippen molar-refractivity contribution >= 4 is 58.2 Å². The summed E-state index contributed by atoms with van der Waals surface area (Å²) in [6.45, 7) is 0.271. The summed E-state index contributed by atoms with van der Waals surface area (Å²) in [5.41, 5.74) is 3.84. The SMILES string of the molecule is O=C(CCCCCN1C(=O)[C@@H]2[C@H](C1=O)C1(Cl)c3ccccc3C2(Cl)c2ccccc21)Nc1cccc(Cl)c1. The summed E-state index contributed by atoms with van der Waals surface area (Å²) in [6, 6.07) is 22.2. The summed E-state index contributed by atoms with van der Waals surface area (Å²) in [5, 5.41) is 3.39. The lowest BCUT2D eigenvalue weighted by Crippen LogP contribution is -2.57. The Kier molecular flexibility index (Phi) is 6.29. The smallest absolute Gasteiger partial charge is 0.235 e. The van der Waals surface area contributed by atoms with E-state index in [4.69, 9.17) is 34.8 Å². The minimum Gasteiger partial charge on any atom is -0.326 e. The second-order valence-corrected chi connectivity index (χ2v) is 11.8. The highest BCUT2D eigenvalue weighted by molar-refractivity contribution is 6.36. The van der Waals surface area contributed by atoms with Crippen LogP contribution in [-0.2, 0) is 24.1 Å². The van der Waals surface area contributed by atoms with E-state index in [2.05, 4.69) is 5.32 Å². The number of rotatable bonds is 7. The summed E-state index contributed by atoms with van der Waals surface area (Å²) in [6.07, 6.45) is 2.24. The number of nitrogens with zero attached hydrogens (tertiary/aromatic N) is 1. The fraction of sp³-hybridized carbons (Fsp3) is 0.300. The zero-order valence-corrected chi connectivity index (χ0v) is 22.7. The van der Waals surface area contributed by atoms with Crippen LogP contribution in [-0.4, -0.2) is 29.2 Å². The third-order valence-corrected chi connectivity index (χ3v) is 9.59. The molecule has 4 aliphatic rings. The maximum atomic E-state index is 13.8. The number of carbonyl (C=O) groups is 3. The number of amides is 3. The summed E-state index contributed by atoms with van der Waals surface area (Å²) in [5.74, 6) is -2.21. The van der Waals surface area contributed by atoms with Crippen LogP contribution in [0.5, 0.6) is 0 Å². The lowest BCUT2D eigenvalue weighted by molar-refractivity contribution is -0.140. The van der Waals surface area contributed by atoms with Crippen molar-refractivity contribution in [1.29, 1.82) is 0 Å². The highest BCUT2D eigenvalue weighted by Gasteiger charge is 2.72. The quantitative estimate of drug-likeness (QED) is 0.203. The molecule has 0 radical (unpaired) electrons. The normalized spacial score (nSPS) is 26.7. The van der Waals surface area contributed by atoms with Crippen molar-refractivity contribution in [2.45, 2.75) is 35.4 Å². The Balaban J connectivity index is 1.17. The van der Waals surface area contributed by atoms with Crippen LogP contribution >= 0.6 is 34.8 Å². The molecule has 0 unspecified atom stereocenters. The van der Waals surface area contributed by atoms with Gasteiger partial charge in [0.25, 0.3) is 0 Å². The monoisotopic (exact) mass is 566 g/mol. The number of hydrogen-bond donors (Lipinski definition) is 1. The lowest BCUT2D eigenvalue weighted by Gasteiger charge is -2.54. The molecule has 1 heterocycles. The Morgan fingerprint density at radius 2 is 1.29 bits per heavy atom. The number of carbonyl (C=O) groups excluding carboxylic acids is 3. The standard InChI is InChI=1S/C30H25Cl3N2O3/c31-18-9-8-10-19(17-18)34-24(36)15-2-1-7-16-35-27(37)25-26(28(35)38)30(33)21-12-4-3-11-20(21)29(25,32)22-13-5-6-14-23(22)30/h3-6,8-14,17,25-26H,1-2,7,15-16H2,(H,34,36)/t25-,26+,29?,30?. The molecule has 3 aliphatic carbocycles. The number of benzene rings is 3. The van der Waals surface area contributed by atoms with Crippen LogP contribution in [0.1, 0.15) is 47.9 Å². The van der Waals surface area contributed by atoms with Crippen LogP contribution in [0.4, 0.5) is 5.69 Å². The van der Waals surface area contributed by atoms with Crippen molar-refractivity contribution in [2.24, 2.45) is 11.8 Å². The number of imide groups is 1. The maximum Gasteiger partial charge on any atom is 0.235 e. The van der Waals surface area contributed by atoms with Gasteiger partial charge in [-0.15, -0.1) is 23.2 Å². The van der Waals surface area contributed by atoms with E-state index >= 15 is 0 Å². The van der Waals surface area contributed by atoms with Gasteiger partial charge >= 0.3 is 0 Å². The summed E-state index contributed by atoms with van der Waals surface area (Å²) in [7, 11) is 0. The van der Waals surface area contributed by atoms with Gasteiger partial charge in [-0.2, -0.15) is 0 Å². The van der Waals surface area contributed by atoms with E-state index in [-0.39, 0.29) is 24.3 Å². The van der Waals surface area contributed by atoms with Gasteiger partial charge in [-0.05, 0) is 53.3 Å². The molecule has 0 saturated carbocycles. The van der Waals surface area contributed by atoms with E-state index in [0.29, 0.717) is 36.4 Å². The molecule has 38 heavy (non-hydrogen) atoms. The number of likely N-dealkylation sites (tertiary alicyclic amines) is 1. The molecule has 3 aromatic carbocycles. The van der Waals surface area contributed by atoms with Gasteiger partial charge in [0.05, 0.1) is 11.8 Å². The first-order valence-electron chi connectivity index (χ1n) is 12.8. The zero-order valence-electron chi connectivity index (χ0n) is 20.4. The van der Waals surface area contributed by atoms with Gasteiger partial charge in [-0.25, -0.2) is 0 Å². The fourth-order valence-corrected chi connectivity index (χ4v) is 7.76. The van der Waals surface area contributed by atoms with Gasteiger partial charge in [0.15, 0.2) is 0 Å². The van der Waals surface area contributed by atoms with Gasteiger partial charge in [-0.3, -0.25) is 19.3 Å². The van der Waals surface area contributed by atoms with Gasteiger partial charge in [0.1, 0.15) is 9.75 Å². The van der Waals surface area contributed by atoms with E-state index in [1.165, 1.54) is 4.90 Å². The maximum absolute atomic E-state index is 13.8. The number of anilines is 1. The minimum absolute atomic E-state index is 0.105. The van der Waals surface area contributed by atoms with Gasteiger partial charge in [0.2, 0.25) is 17.7 Å². The molecule has 1 saturated heterocycles. The first-order chi connectivity index (χ1) is 18.3. The third kappa shape index (κ3) is 3.63. The largest absolute Gasteiger partial charge is 0.326 e. The van der Waals surface area contributed by atoms with Crippen LogP contribution in [0.25, 0.3) is 0 Å². The van der Waals surface area contributed by atoms with Gasteiger partial charge in [-0.1, -0.05) is 72.6 Å². The second kappa shape index (κ2) is 9.41. The summed E-state index contributed by atoms with van der Waals surface area (Å²) >= 11 is 20.8. The molecule has 0 aromatic heterocycles. The minimum atomic E-state index is -1.16. The number of nitrogens with one attached hydrogen (secondary N) is 1. The Labute approximate surface area is 236 Å². The molecule has 5 nitrogen and oxygen atoms in total. The molecule has 1 aliphatic heterocycles. The number of halogens is 3. The molecular formula is C30H25Cl3N2O3. The Hall–Kier alpha value is -2.86.